The number of nitrogens with one attached hydrogen (secondary N) is 1. The van der Waals surface area contributed by atoms with Gasteiger partial charge in [-0.2, -0.15) is 4.98 Å². The molecule has 1 unspecified atom stereocenters. The van der Waals surface area contributed by atoms with E-state index in [9.17, 15) is 9.59 Å². The van der Waals surface area contributed by atoms with E-state index in [2.05, 4.69) is 15.4 Å². The molecule has 1 atom stereocenters. The van der Waals surface area contributed by atoms with Crippen LogP contribution in [0.4, 0.5) is 5.95 Å². The molecule has 8 nitrogen and oxygen atoms in total. The van der Waals surface area contributed by atoms with Gasteiger partial charge in [0.1, 0.15) is 11.9 Å². The van der Waals surface area contributed by atoms with Gasteiger partial charge >= 0.3 is 0 Å². The fourth-order valence-electron chi connectivity index (χ4n) is 3.49. The maximum atomic E-state index is 12.5. The van der Waals surface area contributed by atoms with Crippen molar-refractivity contribution >= 4 is 17.8 Å². The normalized spacial score (nSPS) is 21.8. The molecule has 0 radical (unpaired) electrons. The minimum absolute atomic E-state index is 0.0647. The molecule has 2 amide bonds. The Kier molecular flexibility index (Phi) is 5.36. The summed E-state index contributed by atoms with van der Waals surface area (Å²) in [4.78, 5) is 30.9. The van der Waals surface area contributed by atoms with Gasteiger partial charge in [-0.05, 0) is 46.5 Å². The van der Waals surface area contributed by atoms with Crippen LogP contribution in [0.1, 0.15) is 51.4 Å². The van der Waals surface area contributed by atoms with Gasteiger partial charge in [-0.1, -0.05) is 0 Å². The van der Waals surface area contributed by atoms with Crippen molar-refractivity contribution in [3.63, 3.8) is 0 Å². The molecule has 0 aliphatic carbocycles. The molecule has 0 bridgehead atoms. The number of aryl methyl sites for hydroxylation is 1. The van der Waals surface area contributed by atoms with E-state index < -0.39 is 0 Å². The van der Waals surface area contributed by atoms with Crippen molar-refractivity contribution in [1.82, 2.24) is 19.7 Å². The van der Waals surface area contributed by atoms with Crippen LogP contribution >= 0.6 is 0 Å². The standard InChI is InChI=1S/C17H27N5O3/c1-11(2)22-12(3)18-17(20-22)19-15(23)13-6-8-21(9-7-13)16(24)14-5-4-10-25-14/h11,13-14H,4-10H2,1-3H3,(H,19,20,23). The van der Waals surface area contributed by atoms with Gasteiger partial charge in [-0.15, -0.1) is 5.10 Å². The maximum absolute atomic E-state index is 12.5. The third-order valence-corrected chi connectivity index (χ3v) is 4.91. The Morgan fingerprint density at radius 2 is 1.96 bits per heavy atom. The molecule has 2 aliphatic rings. The summed E-state index contributed by atoms with van der Waals surface area (Å²) in [6, 6.07) is 0.199. The molecule has 0 saturated carbocycles. The monoisotopic (exact) mass is 349 g/mol. The third kappa shape index (κ3) is 4.00. The Morgan fingerprint density at radius 1 is 1.24 bits per heavy atom. The van der Waals surface area contributed by atoms with Crippen molar-refractivity contribution in [2.24, 2.45) is 5.92 Å². The SMILES string of the molecule is Cc1nc(NC(=O)C2CCN(C(=O)C3CCCO3)CC2)nn1C(C)C. The molecule has 3 rings (SSSR count). The van der Waals surface area contributed by atoms with Crippen LogP contribution in [0.2, 0.25) is 0 Å². The zero-order valence-corrected chi connectivity index (χ0v) is 15.2. The molecule has 25 heavy (non-hydrogen) atoms. The van der Waals surface area contributed by atoms with Crippen molar-refractivity contribution < 1.29 is 14.3 Å². The number of carbonyl (C=O) groups excluding carboxylic acids is 2. The first kappa shape index (κ1) is 17.8. The van der Waals surface area contributed by atoms with Crippen LogP contribution < -0.4 is 5.32 Å². The number of anilines is 1. The van der Waals surface area contributed by atoms with Crippen LogP contribution in [0.15, 0.2) is 0 Å². The lowest BCUT2D eigenvalue weighted by Crippen LogP contribution is -2.45. The van der Waals surface area contributed by atoms with E-state index in [1.807, 2.05) is 25.7 Å². The molecule has 2 saturated heterocycles. The van der Waals surface area contributed by atoms with Gasteiger partial charge < -0.3 is 9.64 Å². The second-order valence-electron chi connectivity index (χ2n) is 7.11. The first-order valence-electron chi connectivity index (χ1n) is 9.10. The number of rotatable bonds is 4. The Balaban J connectivity index is 1.51. The van der Waals surface area contributed by atoms with Gasteiger partial charge in [-0.3, -0.25) is 14.9 Å². The van der Waals surface area contributed by atoms with Gasteiger partial charge in [-0.25, -0.2) is 4.68 Å². The topological polar surface area (TPSA) is 89.3 Å². The summed E-state index contributed by atoms with van der Waals surface area (Å²) < 4.78 is 7.25. The Morgan fingerprint density at radius 3 is 2.52 bits per heavy atom. The predicted octanol–water partition coefficient (Wildman–Crippen LogP) is 1.52. The van der Waals surface area contributed by atoms with Gasteiger partial charge in [0.2, 0.25) is 11.9 Å². The number of hydrogen-bond acceptors (Lipinski definition) is 5. The molecule has 2 fully saturated rings. The molecular weight excluding hydrogens is 322 g/mol. The molecule has 1 aromatic rings. The van der Waals surface area contributed by atoms with Gasteiger partial charge in [0.15, 0.2) is 0 Å². The summed E-state index contributed by atoms with van der Waals surface area (Å²) >= 11 is 0. The van der Waals surface area contributed by atoms with Crippen molar-refractivity contribution in [2.45, 2.75) is 58.6 Å². The Labute approximate surface area is 147 Å². The van der Waals surface area contributed by atoms with E-state index in [4.69, 9.17) is 4.74 Å². The molecular formula is C17H27N5O3. The van der Waals surface area contributed by atoms with Gasteiger partial charge in [0.25, 0.3) is 5.91 Å². The lowest BCUT2D eigenvalue weighted by atomic mass is 9.95. The number of hydrogen-bond donors (Lipinski definition) is 1. The van der Waals surface area contributed by atoms with E-state index in [1.165, 1.54) is 0 Å². The zero-order valence-electron chi connectivity index (χ0n) is 15.2. The summed E-state index contributed by atoms with van der Waals surface area (Å²) in [5, 5.41) is 7.15. The summed E-state index contributed by atoms with van der Waals surface area (Å²) in [6.45, 7) is 7.79. The first-order valence-corrected chi connectivity index (χ1v) is 9.10. The summed E-state index contributed by atoms with van der Waals surface area (Å²) in [5.41, 5.74) is 0. The highest BCUT2D eigenvalue weighted by Gasteiger charge is 2.33. The van der Waals surface area contributed by atoms with E-state index in [0.29, 0.717) is 38.5 Å². The largest absolute Gasteiger partial charge is 0.368 e. The fourth-order valence-corrected chi connectivity index (χ4v) is 3.49. The zero-order chi connectivity index (χ0) is 18.0. The Bertz CT molecular complexity index is 628. The molecule has 3 heterocycles. The van der Waals surface area contributed by atoms with Crippen molar-refractivity contribution in [3.05, 3.63) is 5.82 Å². The highest BCUT2D eigenvalue weighted by Crippen LogP contribution is 2.22. The van der Waals surface area contributed by atoms with Crippen LogP contribution in [-0.2, 0) is 14.3 Å². The van der Waals surface area contributed by atoms with Gasteiger partial charge in [0, 0.05) is 31.7 Å². The van der Waals surface area contributed by atoms with E-state index >= 15 is 0 Å². The number of piperidine rings is 1. The second kappa shape index (κ2) is 7.51. The quantitative estimate of drug-likeness (QED) is 0.890. The van der Waals surface area contributed by atoms with Crippen LogP contribution in [0.3, 0.4) is 0 Å². The minimum atomic E-state index is -0.280. The van der Waals surface area contributed by atoms with Crippen LogP contribution in [0, 0.1) is 12.8 Å². The van der Waals surface area contributed by atoms with Crippen LogP contribution in [0.5, 0.6) is 0 Å². The molecule has 0 aromatic carbocycles. The highest BCUT2D eigenvalue weighted by molar-refractivity contribution is 5.91. The van der Waals surface area contributed by atoms with E-state index in [1.54, 1.807) is 4.68 Å². The average Bonchev–Trinajstić information content (AvgIpc) is 3.24. The number of amides is 2. The number of ether oxygens (including phenoxy) is 1. The van der Waals surface area contributed by atoms with Crippen molar-refractivity contribution in [1.29, 1.82) is 0 Å². The summed E-state index contributed by atoms with van der Waals surface area (Å²) in [7, 11) is 0. The molecule has 138 valence electrons. The maximum Gasteiger partial charge on any atom is 0.251 e. The fraction of sp³-hybridized carbons (Fsp3) is 0.765. The molecule has 8 heteroatoms. The van der Waals surface area contributed by atoms with E-state index in [-0.39, 0.29) is 29.9 Å². The number of nitrogens with zero attached hydrogens (tertiary/aromatic N) is 4. The second-order valence-corrected chi connectivity index (χ2v) is 7.11. The first-order chi connectivity index (χ1) is 12.0. The number of aromatic nitrogens is 3. The summed E-state index contributed by atoms with van der Waals surface area (Å²) in [5.74, 6) is 1.03. The van der Waals surface area contributed by atoms with Crippen LogP contribution in [-0.4, -0.2) is 57.3 Å². The Hall–Kier alpha value is -1.96. The van der Waals surface area contributed by atoms with Crippen molar-refractivity contribution in [2.75, 3.05) is 25.0 Å². The molecule has 1 aromatic heterocycles. The summed E-state index contributed by atoms with van der Waals surface area (Å²) in [6.07, 6.45) is 2.80. The number of likely N-dealkylation sites (tertiary alicyclic amines) is 1. The van der Waals surface area contributed by atoms with Crippen LogP contribution in [0.25, 0.3) is 0 Å². The number of carbonyl (C=O) groups is 2. The molecule has 0 spiro atoms. The highest BCUT2D eigenvalue weighted by atomic mass is 16.5. The predicted molar refractivity (Wildman–Crippen MR) is 92.1 cm³/mol. The molecule has 2 aliphatic heterocycles. The third-order valence-electron chi connectivity index (χ3n) is 4.91. The lowest BCUT2D eigenvalue weighted by molar-refractivity contribution is -0.143. The molecule has 1 N–H and O–H groups in total. The average molecular weight is 349 g/mol. The van der Waals surface area contributed by atoms with Crippen molar-refractivity contribution in [3.8, 4) is 0 Å². The lowest BCUT2D eigenvalue weighted by Gasteiger charge is -2.32. The van der Waals surface area contributed by atoms with E-state index in [0.717, 1.165) is 18.7 Å². The minimum Gasteiger partial charge on any atom is -0.368 e. The van der Waals surface area contributed by atoms with Gasteiger partial charge in [0.05, 0.1) is 0 Å². The smallest absolute Gasteiger partial charge is 0.251 e.